The molecule has 0 radical (unpaired) electrons. The van der Waals surface area contributed by atoms with Gasteiger partial charge in [0.05, 0.1) is 56.7 Å². The number of aliphatic hydroxyl groups excluding tert-OH is 1. The van der Waals surface area contributed by atoms with Gasteiger partial charge in [0.2, 0.25) is 17.7 Å². The molecule has 2 N–H and O–H groups in total. The third-order valence-corrected chi connectivity index (χ3v) is 8.93. The van der Waals surface area contributed by atoms with E-state index in [9.17, 15) is 15.2 Å². The number of nitrogens with zero attached hydrogens (tertiary/aromatic N) is 7. The molecule has 1 unspecified atom stereocenters. The number of benzene rings is 1. The SMILES string of the molecule is COc1nc(Nc2nccc(-c3ccc(OC4CCN(C(=O)[C@H](C)CO)CC4(F)F)c(C#N)c3)n2)ccc1N1CCN(C2COC2)CC1. The summed E-state index contributed by atoms with van der Waals surface area (Å²) in [4.78, 5) is 31.6. The lowest BCUT2D eigenvalue weighted by molar-refractivity contribution is -0.163. The standard InChI is InChI=1S/C33H38F2N8O5/c1-21(17-44)31(45)43-10-8-28(33(34,35)20-43)48-27-5-3-22(15-23(27)16-36)25-7-9-37-32(38-25)40-29-6-4-26(30(39-29)46-2)42-13-11-41(12-14-42)24-18-47-19-24/h3-7,9,15,21,24,28,44H,8,10-14,17-20H2,1-2H3,(H,37,38,39,40)/t21-,28?/m1/s1. The lowest BCUT2D eigenvalue weighted by atomic mass is 10.0. The molecule has 1 aromatic carbocycles. The molecule has 48 heavy (non-hydrogen) atoms. The first-order valence-electron chi connectivity index (χ1n) is 15.9. The van der Waals surface area contributed by atoms with Gasteiger partial charge in [-0.1, -0.05) is 6.92 Å². The van der Waals surface area contributed by atoms with E-state index in [1.54, 1.807) is 25.4 Å². The fraction of sp³-hybridized carbons (Fsp3) is 0.485. The third kappa shape index (κ3) is 7.10. The summed E-state index contributed by atoms with van der Waals surface area (Å²) >= 11 is 0. The zero-order valence-electron chi connectivity index (χ0n) is 26.8. The van der Waals surface area contributed by atoms with Gasteiger partial charge in [-0.25, -0.2) is 18.7 Å². The van der Waals surface area contributed by atoms with Crippen molar-refractivity contribution in [3.8, 4) is 29.0 Å². The summed E-state index contributed by atoms with van der Waals surface area (Å²) in [6.07, 6.45) is -0.0919. The van der Waals surface area contributed by atoms with Gasteiger partial charge in [0.25, 0.3) is 0 Å². The van der Waals surface area contributed by atoms with Crippen LogP contribution >= 0.6 is 0 Å². The smallest absolute Gasteiger partial charge is 0.301 e. The third-order valence-electron chi connectivity index (χ3n) is 8.93. The minimum absolute atomic E-state index is 0.0108. The summed E-state index contributed by atoms with van der Waals surface area (Å²) in [5.74, 6) is -3.41. The van der Waals surface area contributed by atoms with E-state index in [4.69, 9.17) is 14.2 Å². The lowest BCUT2D eigenvalue weighted by Gasteiger charge is -2.43. The largest absolute Gasteiger partial charge is 0.483 e. The zero-order valence-corrected chi connectivity index (χ0v) is 26.8. The number of carbonyl (C=O) groups is 1. The van der Waals surface area contributed by atoms with Crippen molar-refractivity contribution in [2.75, 3.05) is 76.4 Å². The van der Waals surface area contributed by atoms with Gasteiger partial charge >= 0.3 is 5.92 Å². The number of piperidine rings is 1. The van der Waals surface area contributed by atoms with Crippen LogP contribution in [0.2, 0.25) is 0 Å². The van der Waals surface area contributed by atoms with E-state index in [-0.39, 0.29) is 30.2 Å². The Hall–Kier alpha value is -4.65. The van der Waals surface area contributed by atoms with Crippen molar-refractivity contribution in [3.63, 3.8) is 0 Å². The minimum atomic E-state index is -3.35. The highest BCUT2D eigenvalue weighted by Crippen LogP contribution is 2.35. The number of hydrogen-bond acceptors (Lipinski definition) is 12. The van der Waals surface area contributed by atoms with Crippen LogP contribution in [0.15, 0.2) is 42.6 Å². The molecule has 0 bridgehead atoms. The number of pyridine rings is 1. The molecule has 3 fully saturated rings. The van der Waals surface area contributed by atoms with Gasteiger partial charge in [0, 0.05) is 50.9 Å². The molecule has 254 valence electrons. The van der Waals surface area contributed by atoms with E-state index in [0.717, 1.165) is 50.0 Å². The number of halogens is 2. The van der Waals surface area contributed by atoms with Gasteiger partial charge in [-0.15, -0.1) is 0 Å². The first-order valence-corrected chi connectivity index (χ1v) is 15.9. The average Bonchev–Trinajstić information content (AvgIpc) is 3.08. The van der Waals surface area contributed by atoms with Crippen LogP contribution in [0.25, 0.3) is 11.3 Å². The second-order valence-corrected chi connectivity index (χ2v) is 12.2. The van der Waals surface area contributed by atoms with Gasteiger partial charge in [-0.05, 0) is 36.4 Å². The highest BCUT2D eigenvalue weighted by Gasteiger charge is 2.48. The Balaban J connectivity index is 1.12. The first kappa shape index (κ1) is 33.3. The van der Waals surface area contributed by atoms with E-state index in [2.05, 4.69) is 30.1 Å². The summed E-state index contributed by atoms with van der Waals surface area (Å²) in [5.41, 5.74) is 2.02. The molecule has 0 saturated carbocycles. The van der Waals surface area contributed by atoms with E-state index in [0.29, 0.717) is 29.0 Å². The number of aromatic nitrogens is 3. The first-order chi connectivity index (χ1) is 23.2. The Morgan fingerprint density at radius 3 is 2.62 bits per heavy atom. The average molecular weight is 665 g/mol. The van der Waals surface area contributed by atoms with E-state index < -0.39 is 37.0 Å². The molecule has 3 aliphatic rings. The molecular weight excluding hydrogens is 626 g/mol. The molecule has 13 nitrogen and oxygen atoms in total. The monoisotopic (exact) mass is 664 g/mol. The molecule has 5 heterocycles. The Morgan fingerprint density at radius 1 is 1.17 bits per heavy atom. The lowest BCUT2D eigenvalue weighted by Crippen LogP contribution is -2.56. The van der Waals surface area contributed by atoms with E-state index in [1.165, 1.54) is 19.1 Å². The summed E-state index contributed by atoms with van der Waals surface area (Å²) in [7, 11) is 1.58. The summed E-state index contributed by atoms with van der Waals surface area (Å²) in [6.45, 7) is 5.49. The van der Waals surface area contributed by atoms with Crippen molar-refractivity contribution in [1.29, 1.82) is 5.26 Å². The van der Waals surface area contributed by atoms with Crippen molar-refractivity contribution in [2.45, 2.75) is 31.4 Å². The number of anilines is 3. The van der Waals surface area contributed by atoms with Gasteiger partial charge in [-0.3, -0.25) is 9.69 Å². The molecule has 3 aromatic rings. The molecule has 0 aliphatic carbocycles. The quantitative estimate of drug-likeness (QED) is 0.328. The number of rotatable bonds is 10. The van der Waals surface area contributed by atoms with Crippen LogP contribution in [0, 0.1) is 17.2 Å². The topological polar surface area (TPSA) is 149 Å². The summed E-state index contributed by atoms with van der Waals surface area (Å²) in [6, 6.07) is 12.6. The van der Waals surface area contributed by atoms with Crippen molar-refractivity contribution in [2.24, 2.45) is 5.92 Å². The number of likely N-dealkylation sites (tertiary alicyclic amines) is 1. The van der Waals surface area contributed by atoms with Crippen molar-refractivity contribution in [3.05, 3.63) is 48.2 Å². The number of nitrogens with one attached hydrogen (secondary N) is 1. The number of amides is 1. The number of aliphatic hydroxyl groups is 1. The van der Waals surface area contributed by atoms with Gasteiger partial charge < -0.3 is 34.4 Å². The zero-order chi connectivity index (χ0) is 33.8. The second-order valence-electron chi connectivity index (χ2n) is 12.2. The van der Waals surface area contributed by atoms with Gasteiger partial charge in [0.15, 0.2) is 6.10 Å². The molecular formula is C33H38F2N8O5. The van der Waals surface area contributed by atoms with Gasteiger partial charge in [0.1, 0.15) is 23.3 Å². The Bertz CT molecular complexity index is 1660. The van der Waals surface area contributed by atoms with Crippen molar-refractivity contribution >= 4 is 23.4 Å². The molecule has 6 rings (SSSR count). The molecule has 1 amide bonds. The molecule has 2 atom stereocenters. The fourth-order valence-corrected chi connectivity index (χ4v) is 6.03. The number of nitriles is 1. The number of ether oxygens (including phenoxy) is 3. The maximum absolute atomic E-state index is 15.0. The van der Waals surface area contributed by atoms with Crippen molar-refractivity contribution < 1.29 is 32.9 Å². The summed E-state index contributed by atoms with van der Waals surface area (Å²) < 4.78 is 46.7. The predicted molar refractivity (Wildman–Crippen MR) is 171 cm³/mol. The predicted octanol–water partition coefficient (Wildman–Crippen LogP) is 2.93. The normalized spacial score (nSPS) is 20.4. The number of alkyl halides is 2. The van der Waals surface area contributed by atoms with Crippen molar-refractivity contribution in [1.82, 2.24) is 24.8 Å². The molecule has 3 saturated heterocycles. The Kier molecular flexibility index (Phi) is 9.86. The summed E-state index contributed by atoms with van der Waals surface area (Å²) in [5, 5.41) is 22.2. The number of carbonyl (C=O) groups excluding carboxylic acids is 1. The van der Waals surface area contributed by atoms with E-state index >= 15 is 8.78 Å². The number of methoxy groups -OCH3 is 1. The maximum Gasteiger partial charge on any atom is 0.301 e. The van der Waals surface area contributed by atoms with Crippen LogP contribution < -0.4 is 19.7 Å². The number of hydrogen-bond donors (Lipinski definition) is 2. The van der Waals surface area contributed by atoms with Crippen LogP contribution in [0.5, 0.6) is 11.6 Å². The molecule has 15 heteroatoms. The van der Waals surface area contributed by atoms with Crippen LogP contribution in [-0.4, -0.2) is 120 Å². The highest BCUT2D eigenvalue weighted by atomic mass is 19.3. The molecule has 0 spiro atoms. The second kappa shape index (κ2) is 14.2. The van der Waals surface area contributed by atoms with Crippen LogP contribution in [-0.2, 0) is 9.53 Å². The maximum atomic E-state index is 15.0. The number of piperazine rings is 1. The van der Waals surface area contributed by atoms with E-state index in [1.807, 2.05) is 18.2 Å². The fourth-order valence-electron chi connectivity index (χ4n) is 6.03. The van der Waals surface area contributed by atoms with Gasteiger partial charge in [-0.2, -0.15) is 10.2 Å². The van der Waals surface area contributed by atoms with Crippen LogP contribution in [0.1, 0.15) is 18.9 Å². The Labute approximate surface area is 277 Å². The van der Waals surface area contributed by atoms with Crippen LogP contribution in [0.3, 0.4) is 0 Å². The Morgan fingerprint density at radius 2 is 1.96 bits per heavy atom. The van der Waals surface area contributed by atoms with Crippen LogP contribution in [0.4, 0.5) is 26.2 Å². The minimum Gasteiger partial charge on any atom is -0.483 e. The molecule has 2 aromatic heterocycles. The molecule has 3 aliphatic heterocycles. The highest BCUT2D eigenvalue weighted by molar-refractivity contribution is 5.78.